The van der Waals surface area contributed by atoms with Crippen LogP contribution in [0.5, 0.6) is 0 Å². The predicted molar refractivity (Wildman–Crippen MR) is 74.0 cm³/mol. The molecule has 1 fully saturated rings. The molecule has 1 aliphatic heterocycles. The molecule has 1 saturated heterocycles. The number of likely N-dealkylation sites (tertiary alicyclic amines) is 1. The summed E-state index contributed by atoms with van der Waals surface area (Å²) in [5, 5.41) is 9.15. The summed E-state index contributed by atoms with van der Waals surface area (Å²) >= 11 is 7.39. The van der Waals surface area contributed by atoms with E-state index in [-0.39, 0.29) is 18.4 Å². The van der Waals surface area contributed by atoms with Gasteiger partial charge in [0.05, 0.1) is 4.34 Å². The van der Waals surface area contributed by atoms with Crippen LogP contribution in [0.1, 0.15) is 24.1 Å². The Hall–Kier alpha value is -0.580. The molecule has 0 aliphatic carbocycles. The van der Waals surface area contributed by atoms with Crippen LogP contribution < -0.4 is 0 Å². The summed E-state index contributed by atoms with van der Waals surface area (Å²) in [6, 6.07) is 3.85. The Morgan fingerprint density at radius 2 is 2.39 bits per heavy atom. The Kier molecular flexibility index (Phi) is 5.03. The predicted octanol–water partition coefficient (Wildman–Crippen LogP) is 2.57. The lowest BCUT2D eigenvalue weighted by Crippen LogP contribution is -2.41. The van der Waals surface area contributed by atoms with Crippen molar-refractivity contribution in [3.63, 3.8) is 0 Å². The lowest BCUT2D eigenvalue weighted by Gasteiger charge is -2.31. The van der Waals surface area contributed by atoms with E-state index in [9.17, 15) is 4.79 Å². The fourth-order valence-electron chi connectivity index (χ4n) is 2.31. The van der Waals surface area contributed by atoms with Gasteiger partial charge in [-0.3, -0.25) is 4.79 Å². The van der Waals surface area contributed by atoms with E-state index in [1.807, 2.05) is 17.0 Å². The molecular weight excluding hydrogens is 270 g/mol. The van der Waals surface area contributed by atoms with Gasteiger partial charge in [0.1, 0.15) is 0 Å². The highest BCUT2D eigenvalue weighted by molar-refractivity contribution is 7.16. The molecule has 0 aromatic carbocycles. The van der Waals surface area contributed by atoms with Crippen LogP contribution in [0.15, 0.2) is 12.1 Å². The van der Waals surface area contributed by atoms with Crippen LogP contribution in [0.4, 0.5) is 0 Å². The minimum atomic E-state index is 0.185. The maximum Gasteiger partial charge on any atom is 0.222 e. The zero-order valence-corrected chi connectivity index (χ0v) is 11.8. The first-order chi connectivity index (χ1) is 8.69. The summed E-state index contributed by atoms with van der Waals surface area (Å²) < 4.78 is 0.774. The third-order valence-corrected chi connectivity index (χ3v) is 4.63. The topological polar surface area (TPSA) is 40.5 Å². The summed E-state index contributed by atoms with van der Waals surface area (Å²) in [5.41, 5.74) is 0. The molecule has 0 bridgehead atoms. The third kappa shape index (κ3) is 3.70. The molecule has 3 nitrogen and oxygen atoms in total. The first kappa shape index (κ1) is 13.8. The summed E-state index contributed by atoms with van der Waals surface area (Å²) in [4.78, 5) is 15.1. The van der Waals surface area contributed by atoms with Crippen molar-refractivity contribution in [2.75, 3.05) is 19.7 Å². The number of hydrogen-bond acceptors (Lipinski definition) is 3. The van der Waals surface area contributed by atoms with Crippen LogP contribution in [0, 0.1) is 5.92 Å². The standard InChI is InChI=1S/C13H18ClNO2S/c14-12-5-3-11(18-12)4-6-13(17)15-7-1-2-10(8-15)9-16/h3,5,10,16H,1-2,4,6-9H2. The van der Waals surface area contributed by atoms with Gasteiger partial charge in [0.2, 0.25) is 5.91 Å². The van der Waals surface area contributed by atoms with Crippen LogP contribution in [0.2, 0.25) is 4.34 Å². The Morgan fingerprint density at radius 1 is 1.56 bits per heavy atom. The lowest BCUT2D eigenvalue weighted by molar-refractivity contribution is -0.133. The van der Waals surface area contributed by atoms with Crippen molar-refractivity contribution in [2.45, 2.75) is 25.7 Å². The lowest BCUT2D eigenvalue weighted by atomic mass is 9.98. The normalized spacial score (nSPS) is 20.1. The number of thiophene rings is 1. The Labute approximate surface area is 116 Å². The first-order valence-electron chi connectivity index (χ1n) is 6.32. The van der Waals surface area contributed by atoms with Crippen molar-refractivity contribution in [1.29, 1.82) is 0 Å². The molecule has 100 valence electrons. The van der Waals surface area contributed by atoms with Crippen LogP contribution in [0.25, 0.3) is 0 Å². The molecule has 0 radical (unpaired) electrons. The highest BCUT2D eigenvalue weighted by Gasteiger charge is 2.22. The zero-order valence-electron chi connectivity index (χ0n) is 10.3. The number of aryl methyl sites for hydroxylation is 1. The van der Waals surface area contributed by atoms with Crippen molar-refractivity contribution >= 4 is 28.8 Å². The van der Waals surface area contributed by atoms with Crippen LogP contribution >= 0.6 is 22.9 Å². The summed E-state index contributed by atoms with van der Waals surface area (Å²) in [5.74, 6) is 0.455. The number of carbonyl (C=O) groups excluding carboxylic acids is 1. The van der Waals surface area contributed by atoms with Crippen LogP contribution in [0.3, 0.4) is 0 Å². The second-order valence-electron chi connectivity index (χ2n) is 4.74. The molecule has 1 atom stereocenters. The third-order valence-electron chi connectivity index (χ3n) is 3.34. The monoisotopic (exact) mass is 287 g/mol. The number of rotatable bonds is 4. The Balaban J connectivity index is 1.80. The van der Waals surface area contributed by atoms with E-state index in [1.54, 1.807) is 0 Å². The van der Waals surface area contributed by atoms with Gasteiger partial charge in [-0.05, 0) is 37.3 Å². The second-order valence-corrected chi connectivity index (χ2v) is 6.54. The number of hydrogen-bond donors (Lipinski definition) is 1. The molecule has 1 amide bonds. The van der Waals surface area contributed by atoms with E-state index in [1.165, 1.54) is 11.3 Å². The van der Waals surface area contributed by atoms with Gasteiger partial charge < -0.3 is 10.0 Å². The van der Waals surface area contributed by atoms with Gasteiger partial charge in [0, 0.05) is 31.0 Å². The largest absolute Gasteiger partial charge is 0.396 e. The number of piperidine rings is 1. The smallest absolute Gasteiger partial charge is 0.222 e. The molecule has 0 saturated carbocycles. The maximum absolute atomic E-state index is 12.1. The molecule has 1 unspecified atom stereocenters. The number of amides is 1. The summed E-state index contributed by atoms with van der Waals surface area (Å²) in [7, 11) is 0. The van der Waals surface area contributed by atoms with E-state index in [0.29, 0.717) is 13.0 Å². The molecule has 5 heteroatoms. The van der Waals surface area contributed by atoms with Gasteiger partial charge in [-0.2, -0.15) is 0 Å². The minimum Gasteiger partial charge on any atom is -0.396 e. The van der Waals surface area contributed by atoms with Crippen LogP contribution in [-0.4, -0.2) is 35.6 Å². The fourth-order valence-corrected chi connectivity index (χ4v) is 3.40. The van der Waals surface area contributed by atoms with Crippen molar-refractivity contribution in [1.82, 2.24) is 4.90 Å². The van der Waals surface area contributed by atoms with Gasteiger partial charge in [0.15, 0.2) is 0 Å². The van der Waals surface area contributed by atoms with Crippen molar-refractivity contribution in [2.24, 2.45) is 5.92 Å². The van der Waals surface area contributed by atoms with Gasteiger partial charge in [-0.1, -0.05) is 11.6 Å². The highest BCUT2D eigenvalue weighted by atomic mass is 35.5. The Morgan fingerprint density at radius 3 is 3.06 bits per heavy atom. The molecule has 18 heavy (non-hydrogen) atoms. The molecule has 1 aliphatic rings. The van der Waals surface area contributed by atoms with Crippen LogP contribution in [-0.2, 0) is 11.2 Å². The molecule has 2 heterocycles. The van der Waals surface area contributed by atoms with E-state index in [2.05, 4.69) is 0 Å². The van der Waals surface area contributed by atoms with Crippen molar-refractivity contribution in [3.8, 4) is 0 Å². The second kappa shape index (κ2) is 6.55. The molecule has 1 aromatic rings. The number of aliphatic hydroxyl groups is 1. The summed E-state index contributed by atoms with van der Waals surface area (Å²) in [6.45, 7) is 1.73. The fraction of sp³-hybridized carbons (Fsp3) is 0.615. The molecule has 0 spiro atoms. The molecule has 1 aromatic heterocycles. The molecule has 1 N–H and O–H groups in total. The average Bonchev–Trinajstić information content (AvgIpc) is 2.82. The van der Waals surface area contributed by atoms with Gasteiger partial charge in [0.25, 0.3) is 0 Å². The minimum absolute atomic E-state index is 0.185. The highest BCUT2D eigenvalue weighted by Crippen LogP contribution is 2.23. The SMILES string of the molecule is O=C(CCc1ccc(Cl)s1)N1CCCC(CO)C1. The molecule has 2 rings (SSSR count). The number of carbonyl (C=O) groups is 1. The van der Waals surface area contributed by atoms with E-state index >= 15 is 0 Å². The number of nitrogens with zero attached hydrogens (tertiary/aromatic N) is 1. The summed E-state index contributed by atoms with van der Waals surface area (Å²) in [6.07, 6.45) is 3.33. The molecular formula is C13H18ClNO2S. The van der Waals surface area contributed by atoms with Gasteiger partial charge in [-0.25, -0.2) is 0 Å². The average molecular weight is 288 g/mol. The van der Waals surface area contributed by atoms with E-state index in [0.717, 1.165) is 35.0 Å². The Bertz CT molecular complexity index is 407. The van der Waals surface area contributed by atoms with Gasteiger partial charge >= 0.3 is 0 Å². The van der Waals surface area contributed by atoms with E-state index < -0.39 is 0 Å². The quantitative estimate of drug-likeness (QED) is 0.925. The number of halogens is 1. The van der Waals surface area contributed by atoms with Crippen molar-refractivity contribution in [3.05, 3.63) is 21.3 Å². The zero-order chi connectivity index (χ0) is 13.0. The van der Waals surface area contributed by atoms with Crippen molar-refractivity contribution < 1.29 is 9.90 Å². The van der Waals surface area contributed by atoms with Gasteiger partial charge in [-0.15, -0.1) is 11.3 Å². The first-order valence-corrected chi connectivity index (χ1v) is 7.51. The van der Waals surface area contributed by atoms with E-state index in [4.69, 9.17) is 16.7 Å². The maximum atomic E-state index is 12.1. The number of aliphatic hydroxyl groups excluding tert-OH is 1.